The van der Waals surface area contributed by atoms with Crippen LogP contribution >= 0.6 is 0 Å². The van der Waals surface area contributed by atoms with Gasteiger partial charge in [-0.1, -0.05) is 45.0 Å². The number of carbonyl (C=O) groups is 2. The van der Waals surface area contributed by atoms with Crippen LogP contribution in [0.25, 0.3) is 0 Å². The molecule has 2 amide bonds. The molecule has 3 aromatic rings. The Morgan fingerprint density at radius 1 is 0.860 bits per heavy atom. The summed E-state index contributed by atoms with van der Waals surface area (Å²) >= 11 is 0. The quantitative estimate of drug-likeness (QED) is 0.269. The number of carbonyl (C=O) groups excluding carboxylic acids is 2. The number of methoxy groups -OCH3 is 3. The second kappa shape index (κ2) is 15.3. The zero-order valence-electron chi connectivity index (χ0n) is 25.6. The highest BCUT2D eigenvalue weighted by molar-refractivity contribution is 7.92. The zero-order valence-corrected chi connectivity index (χ0v) is 26.4. The molecule has 0 aliphatic rings. The highest BCUT2D eigenvalue weighted by atomic mass is 32.2. The molecule has 11 heteroatoms. The lowest BCUT2D eigenvalue weighted by atomic mass is 10.1. The van der Waals surface area contributed by atoms with Crippen LogP contribution in [0.4, 0.5) is 5.69 Å². The molecule has 0 spiro atoms. The summed E-state index contributed by atoms with van der Waals surface area (Å²) in [6, 6.07) is 18.8. The first-order chi connectivity index (χ1) is 20.5. The van der Waals surface area contributed by atoms with Crippen molar-refractivity contribution in [1.82, 2.24) is 10.2 Å². The van der Waals surface area contributed by atoms with Crippen molar-refractivity contribution < 1.29 is 32.2 Å². The van der Waals surface area contributed by atoms with Crippen LogP contribution in [0, 0.1) is 5.92 Å². The molecule has 0 saturated heterocycles. The maximum atomic E-state index is 14.3. The fraction of sp³-hybridized carbons (Fsp3) is 0.375. The second-order valence-corrected chi connectivity index (χ2v) is 12.2. The number of hydrogen-bond acceptors (Lipinski definition) is 7. The van der Waals surface area contributed by atoms with Crippen LogP contribution < -0.4 is 23.8 Å². The molecule has 3 rings (SSSR count). The summed E-state index contributed by atoms with van der Waals surface area (Å²) in [6.07, 6.45) is 0.319. The van der Waals surface area contributed by atoms with E-state index < -0.39 is 28.5 Å². The van der Waals surface area contributed by atoms with Crippen LogP contribution in [0.2, 0.25) is 0 Å². The zero-order chi connectivity index (χ0) is 31.6. The third-order valence-corrected chi connectivity index (χ3v) is 8.61. The van der Waals surface area contributed by atoms with Crippen molar-refractivity contribution in [2.45, 2.75) is 44.7 Å². The molecule has 232 valence electrons. The SMILES string of the molecule is CCC(C(=O)NCC(C)C)N(Cc1cccc(OC)c1)C(=O)CN(c1ccccc1OC)S(=O)(=O)c1ccc(OC)cc1. The molecule has 0 aliphatic heterocycles. The molecule has 0 heterocycles. The van der Waals surface area contributed by atoms with E-state index in [1.165, 1.54) is 43.4 Å². The third-order valence-electron chi connectivity index (χ3n) is 6.84. The Hall–Kier alpha value is -4.25. The van der Waals surface area contributed by atoms with Crippen LogP contribution in [0.1, 0.15) is 32.8 Å². The van der Waals surface area contributed by atoms with E-state index in [1.54, 1.807) is 49.6 Å². The average Bonchev–Trinajstić information content (AvgIpc) is 3.02. The Labute approximate surface area is 254 Å². The minimum atomic E-state index is -4.27. The van der Waals surface area contributed by atoms with Gasteiger partial charge in [0, 0.05) is 13.1 Å². The van der Waals surface area contributed by atoms with Crippen molar-refractivity contribution in [1.29, 1.82) is 0 Å². The highest BCUT2D eigenvalue weighted by Gasteiger charge is 2.34. The van der Waals surface area contributed by atoms with Crippen LogP contribution in [0.3, 0.4) is 0 Å². The minimum absolute atomic E-state index is 0.0342. The first-order valence-corrected chi connectivity index (χ1v) is 15.5. The van der Waals surface area contributed by atoms with Gasteiger partial charge in [0.1, 0.15) is 29.8 Å². The van der Waals surface area contributed by atoms with Crippen molar-refractivity contribution in [2.24, 2.45) is 5.92 Å². The van der Waals surface area contributed by atoms with E-state index in [-0.39, 0.29) is 34.7 Å². The number of nitrogens with one attached hydrogen (secondary N) is 1. The average molecular weight is 612 g/mol. The third kappa shape index (κ3) is 8.41. The Balaban J connectivity index is 2.09. The number of para-hydroxylation sites is 2. The first kappa shape index (κ1) is 33.3. The number of hydrogen-bond donors (Lipinski definition) is 1. The van der Waals surface area contributed by atoms with Gasteiger partial charge in [0.05, 0.1) is 31.9 Å². The number of amides is 2. The Kier molecular flexibility index (Phi) is 11.8. The number of sulfonamides is 1. The van der Waals surface area contributed by atoms with E-state index in [4.69, 9.17) is 14.2 Å². The number of anilines is 1. The van der Waals surface area contributed by atoms with Crippen molar-refractivity contribution in [3.05, 3.63) is 78.4 Å². The van der Waals surface area contributed by atoms with Gasteiger partial charge in [-0.15, -0.1) is 0 Å². The highest BCUT2D eigenvalue weighted by Crippen LogP contribution is 2.33. The predicted molar refractivity (Wildman–Crippen MR) is 166 cm³/mol. The molecule has 1 unspecified atom stereocenters. The van der Waals surface area contributed by atoms with E-state index in [2.05, 4.69) is 5.32 Å². The predicted octanol–water partition coefficient (Wildman–Crippen LogP) is 4.49. The summed E-state index contributed by atoms with van der Waals surface area (Å²) < 4.78 is 45.3. The molecule has 0 fully saturated rings. The number of nitrogens with zero attached hydrogens (tertiary/aromatic N) is 2. The molecule has 0 bridgehead atoms. The summed E-state index contributed by atoms with van der Waals surface area (Å²) in [5.41, 5.74) is 0.914. The van der Waals surface area contributed by atoms with Gasteiger partial charge < -0.3 is 24.4 Å². The molecule has 1 atom stereocenters. The van der Waals surface area contributed by atoms with Gasteiger partial charge in [0.25, 0.3) is 10.0 Å². The van der Waals surface area contributed by atoms with Gasteiger partial charge in [-0.2, -0.15) is 0 Å². The molecular weight excluding hydrogens is 570 g/mol. The molecule has 0 aromatic heterocycles. The van der Waals surface area contributed by atoms with E-state index in [0.29, 0.717) is 24.5 Å². The van der Waals surface area contributed by atoms with Crippen LogP contribution in [0.15, 0.2) is 77.7 Å². The molecular formula is C32H41N3O7S. The molecule has 0 aliphatic carbocycles. The lowest BCUT2D eigenvalue weighted by molar-refractivity contribution is -0.140. The fourth-order valence-electron chi connectivity index (χ4n) is 4.53. The summed E-state index contributed by atoms with van der Waals surface area (Å²) in [4.78, 5) is 29.0. The van der Waals surface area contributed by atoms with Crippen LogP contribution in [-0.2, 0) is 26.2 Å². The molecule has 1 N–H and O–H groups in total. The Bertz CT molecular complexity index is 1480. The smallest absolute Gasteiger partial charge is 0.264 e. The monoisotopic (exact) mass is 611 g/mol. The van der Waals surface area contributed by atoms with Crippen molar-refractivity contribution in [3.63, 3.8) is 0 Å². The van der Waals surface area contributed by atoms with Gasteiger partial charge in [-0.05, 0) is 66.4 Å². The van der Waals surface area contributed by atoms with E-state index >= 15 is 0 Å². The van der Waals surface area contributed by atoms with Crippen LogP contribution in [0.5, 0.6) is 17.2 Å². The van der Waals surface area contributed by atoms with Crippen molar-refractivity contribution in [2.75, 3.05) is 38.7 Å². The topological polar surface area (TPSA) is 114 Å². The second-order valence-electron chi connectivity index (χ2n) is 10.3. The molecule has 43 heavy (non-hydrogen) atoms. The van der Waals surface area contributed by atoms with Crippen molar-refractivity contribution in [3.8, 4) is 17.2 Å². The van der Waals surface area contributed by atoms with Gasteiger partial charge in [0.2, 0.25) is 11.8 Å². The van der Waals surface area contributed by atoms with Crippen molar-refractivity contribution >= 4 is 27.5 Å². The first-order valence-electron chi connectivity index (χ1n) is 14.1. The molecule has 3 aromatic carbocycles. The Morgan fingerprint density at radius 2 is 1.53 bits per heavy atom. The van der Waals surface area contributed by atoms with Gasteiger partial charge in [0.15, 0.2) is 0 Å². The molecule has 0 radical (unpaired) electrons. The molecule has 0 saturated carbocycles. The van der Waals surface area contributed by atoms with E-state index in [9.17, 15) is 18.0 Å². The lowest BCUT2D eigenvalue weighted by Gasteiger charge is -2.33. The van der Waals surface area contributed by atoms with E-state index in [0.717, 1.165) is 9.87 Å². The summed E-state index contributed by atoms with van der Waals surface area (Å²) in [7, 11) is 0.197. The lowest BCUT2D eigenvalue weighted by Crippen LogP contribution is -2.52. The summed E-state index contributed by atoms with van der Waals surface area (Å²) in [5.74, 6) is 0.696. The maximum absolute atomic E-state index is 14.3. The van der Waals surface area contributed by atoms with Crippen LogP contribution in [-0.4, -0.2) is 65.6 Å². The minimum Gasteiger partial charge on any atom is -0.497 e. The summed E-state index contributed by atoms with van der Waals surface area (Å²) in [6.45, 7) is 5.71. The van der Waals surface area contributed by atoms with Gasteiger partial charge in [-0.3, -0.25) is 13.9 Å². The van der Waals surface area contributed by atoms with Gasteiger partial charge in [-0.25, -0.2) is 8.42 Å². The Morgan fingerprint density at radius 3 is 2.14 bits per heavy atom. The molecule has 10 nitrogen and oxygen atoms in total. The standard InChI is InChI=1S/C32H41N3O7S/c1-7-28(32(37)33-20-23(2)3)34(21-24-11-10-12-26(19-24)41-5)31(36)22-35(29-13-8-9-14-30(29)42-6)43(38,39)27-17-15-25(40-4)16-18-27/h8-19,23,28H,7,20-22H2,1-6H3,(H,33,37). The van der Waals surface area contributed by atoms with E-state index in [1.807, 2.05) is 26.8 Å². The summed E-state index contributed by atoms with van der Waals surface area (Å²) in [5, 5.41) is 2.93. The fourth-order valence-corrected chi connectivity index (χ4v) is 5.96. The number of benzene rings is 3. The number of rotatable bonds is 15. The van der Waals surface area contributed by atoms with Gasteiger partial charge >= 0.3 is 0 Å². The largest absolute Gasteiger partial charge is 0.497 e. The normalized spacial score (nSPS) is 11.9. The maximum Gasteiger partial charge on any atom is 0.264 e. The number of ether oxygens (including phenoxy) is 3.